The van der Waals surface area contributed by atoms with Gasteiger partial charge < -0.3 is 0 Å². The van der Waals surface area contributed by atoms with Crippen molar-refractivity contribution in [3.05, 3.63) is 64.2 Å². The van der Waals surface area contributed by atoms with Gasteiger partial charge in [0.05, 0.1) is 4.92 Å². The Morgan fingerprint density at radius 1 is 1.05 bits per heavy atom. The molecule has 2 rings (SSSR count). The van der Waals surface area contributed by atoms with E-state index in [0.717, 1.165) is 36.3 Å². The summed E-state index contributed by atoms with van der Waals surface area (Å²) >= 11 is 0. The Labute approximate surface area is 125 Å². The predicted molar refractivity (Wildman–Crippen MR) is 85.2 cm³/mol. The number of nitro groups is 1. The van der Waals surface area contributed by atoms with Crippen LogP contribution in [0.1, 0.15) is 19.4 Å². The van der Waals surface area contributed by atoms with Crippen molar-refractivity contribution in [2.24, 2.45) is 0 Å². The minimum atomic E-state index is -0.333. The van der Waals surface area contributed by atoms with E-state index in [9.17, 15) is 10.1 Å². The third-order valence-corrected chi connectivity index (χ3v) is 3.67. The average molecular weight is 284 g/mol. The van der Waals surface area contributed by atoms with Crippen molar-refractivity contribution >= 4 is 5.69 Å². The highest BCUT2D eigenvalue weighted by atomic mass is 16.6. The van der Waals surface area contributed by atoms with Crippen molar-refractivity contribution in [2.45, 2.75) is 20.4 Å². The highest BCUT2D eigenvalue weighted by Gasteiger charge is 2.13. The standard InChI is InChI=1S/C17H20N2O2/c1-3-18(4-2)13-15-12-16(19(20)21)10-11-17(15)14-8-6-5-7-9-14/h5-12H,3-4,13H2,1-2H3. The summed E-state index contributed by atoms with van der Waals surface area (Å²) in [6.07, 6.45) is 0. The van der Waals surface area contributed by atoms with Gasteiger partial charge in [0, 0.05) is 18.7 Å². The maximum absolute atomic E-state index is 11.0. The first-order valence-electron chi connectivity index (χ1n) is 7.20. The Morgan fingerprint density at radius 2 is 1.71 bits per heavy atom. The van der Waals surface area contributed by atoms with Gasteiger partial charge in [0.1, 0.15) is 0 Å². The van der Waals surface area contributed by atoms with E-state index in [-0.39, 0.29) is 10.6 Å². The number of benzene rings is 2. The zero-order valence-electron chi connectivity index (χ0n) is 12.5. The van der Waals surface area contributed by atoms with Gasteiger partial charge in [-0.2, -0.15) is 0 Å². The van der Waals surface area contributed by atoms with Crippen molar-refractivity contribution < 1.29 is 4.92 Å². The van der Waals surface area contributed by atoms with E-state index >= 15 is 0 Å². The number of nitrogens with zero attached hydrogens (tertiary/aromatic N) is 2. The lowest BCUT2D eigenvalue weighted by Gasteiger charge is -2.20. The van der Waals surface area contributed by atoms with Gasteiger partial charge in [0.15, 0.2) is 0 Å². The minimum absolute atomic E-state index is 0.150. The van der Waals surface area contributed by atoms with Gasteiger partial charge in [-0.3, -0.25) is 15.0 Å². The Morgan fingerprint density at radius 3 is 2.29 bits per heavy atom. The molecule has 0 aromatic heterocycles. The second-order valence-electron chi connectivity index (χ2n) is 4.93. The predicted octanol–water partition coefficient (Wildman–Crippen LogP) is 4.10. The summed E-state index contributed by atoms with van der Waals surface area (Å²) < 4.78 is 0. The summed E-state index contributed by atoms with van der Waals surface area (Å²) in [4.78, 5) is 12.9. The topological polar surface area (TPSA) is 46.4 Å². The Balaban J connectivity index is 2.46. The molecular formula is C17H20N2O2. The maximum atomic E-state index is 11.0. The fourth-order valence-corrected chi connectivity index (χ4v) is 2.41. The van der Waals surface area contributed by atoms with E-state index in [1.54, 1.807) is 12.1 Å². The van der Waals surface area contributed by atoms with E-state index in [1.165, 1.54) is 0 Å². The smallest absolute Gasteiger partial charge is 0.269 e. The summed E-state index contributed by atoms with van der Waals surface area (Å²) in [5.74, 6) is 0. The van der Waals surface area contributed by atoms with E-state index in [0.29, 0.717) is 0 Å². The molecule has 0 aliphatic rings. The lowest BCUT2D eigenvalue weighted by molar-refractivity contribution is -0.384. The molecule has 0 heterocycles. The van der Waals surface area contributed by atoms with Gasteiger partial charge in [-0.05, 0) is 35.8 Å². The zero-order chi connectivity index (χ0) is 15.2. The third-order valence-electron chi connectivity index (χ3n) is 3.67. The van der Waals surface area contributed by atoms with Gasteiger partial charge in [0.2, 0.25) is 0 Å². The molecule has 0 N–H and O–H groups in total. The van der Waals surface area contributed by atoms with Crippen molar-refractivity contribution in [3.8, 4) is 11.1 Å². The SMILES string of the molecule is CCN(CC)Cc1cc([N+](=O)[O-])ccc1-c1ccccc1. The van der Waals surface area contributed by atoms with Crippen LogP contribution >= 0.6 is 0 Å². The summed E-state index contributed by atoms with van der Waals surface area (Å²) in [6, 6.07) is 15.1. The van der Waals surface area contributed by atoms with Gasteiger partial charge in [0.25, 0.3) is 5.69 Å². The molecule has 0 spiro atoms. The molecule has 0 saturated heterocycles. The van der Waals surface area contributed by atoms with Gasteiger partial charge in [-0.25, -0.2) is 0 Å². The summed E-state index contributed by atoms with van der Waals surface area (Å²) in [7, 11) is 0. The third kappa shape index (κ3) is 3.67. The molecule has 0 amide bonds. The van der Waals surface area contributed by atoms with Crippen molar-refractivity contribution in [3.63, 3.8) is 0 Å². The number of rotatable bonds is 6. The molecule has 4 heteroatoms. The first-order chi connectivity index (χ1) is 10.2. The molecular weight excluding hydrogens is 264 g/mol. The molecule has 2 aromatic rings. The van der Waals surface area contributed by atoms with Crippen molar-refractivity contribution in [2.75, 3.05) is 13.1 Å². The Hall–Kier alpha value is -2.20. The average Bonchev–Trinajstić information content (AvgIpc) is 2.53. The molecule has 0 aliphatic carbocycles. The van der Waals surface area contributed by atoms with Gasteiger partial charge >= 0.3 is 0 Å². The number of nitro benzene ring substituents is 1. The fraction of sp³-hybridized carbons (Fsp3) is 0.294. The lowest BCUT2D eigenvalue weighted by atomic mass is 9.98. The normalized spacial score (nSPS) is 10.8. The Kier molecular flexibility index (Phi) is 5.06. The monoisotopic (exact) mass is 284 g/mol. The first-order valence-corrected chi connectivity index (χ1v) is 7.20. The maximum Gasteiger partial charge on any atom is 0.269 e. The van der Waals surface area contributed by atoms with Crippen LogP contribution in [0, 0.1) is 10.1 Å². The van der Waals surface area contributed by atoms with Gasteiger partial charge in [-0.1, -0.05) is 44.2 Å². The van der Waals surface area contributed by atoms with E-state index < -0.39 is 0 Å². The van der Waals surface area contributed by atoms with E-state index in [4.69, 9.17) is 0 Å². The zero-order valence-corrected chi connectivity index (χ0v) is 12.5. The summed E-state index contributed by atoms with van der Waals surface area (Å²) in [5.41, 5.74) is 3.30. The van der Waals surface area contributed by atoms with Crippen LogP contribution in [-0.4, -0.2) is 22.9 Å². The van der Waals surface area contributed by atoms with Crippen LogP contribution in [0.4, 0.5) is 5.69 Å². The van der Waals surface area contributed by atoms with Crippen LogP contribution in [0.15, 0.2) is 48.5 Å². The Bertz CT molecular complexity index is 607. The van der Waals surface area contributed by atoms with Crippen LogP contribution in [0.2, 0.25) is 0 Å². The fourth-order valence-electron chi connectivity index (χ4n) is 2.41. The lowest BCUT2D eigenvalue weighted by Crippen LogP contribution is -2.22. The molecule has 110 valence electrons. The molecule has 0 unspecified atom stereocenters. The van der Waals surface area contributed by atoms with E-state index in [2.05, 4.69) is 18.7 Å². The molecule has 0 fully saturated rings. The van der Waals surface area contributed by atoms with Crippen LogP contribution in [-0.2, 0) is 6.54 Å². The van der Waals surface area contributed by atoms with Crippen LogP contribution < -0.4 is 0 Å². The molecule has 0 saturated carbocycles. The van der Waals surface area contributed by atoms with Crippen molar-refractivity contribution in [1.29, 1.82) is 0 Å². The molecule has 21 heavy (non-hydrogen) atoms. The number of hydrogen-bond donors (Lipinski definition) is 0. The molecule has 0 radical (unpaired) electrons. The molecule has 0 bridgehead atoms. The second kappa shape index (κ2) is 6.99. The molecule has 4 nitrogen and oxygen atoms in total. The quantitative estimate of drug-likeness (QED) is 0.592. The second-order valence-corrected chi connectivity index (χ2v) is 4.93. The highest BCUT2D eigenvalue weighted by molar-refractivity contribution is 5.69. The number of hydrogen-bond acceptors (Lipinski definition) is 3. The largest absolute Gasteiger partial charge is 0.300 e. The van der Waals surface area contributed by atoms with E-state index in [1.807, 2.05) is 36.4 Å². The summed E-state index contributed by atoms with van der Waals surface area (Å²) in [5, 5.41) is 11.0. The molecule has 0 atom stereocenters. The summed E-state index contributed by atoms with van der Waals surface area (Å²) in [6.45, 7) is 6.77. The van der Waals surface area contributed by atoms with Crippen LogP contribution in [0.3, 0.4) is 0 Å². The van der Waals surface area contributed by atoms with Crippen molar-refractivity contribution in [1.82, 2.24) is 4.90 Å². The molecule has 2 aromatic carbocycles. The molecule has 0 aliphatic heterocycles. The highest BCUT2D eigenvalue weighted by Crippen LogP contribution is 2.28. The minimum Gasteiger partial charge on any atom is -0.300 e. The first kappa shape index (κ1) is 15.2. The van der Waals surface area contributed by atoms with Gasteiger partial charge in [-0.15, -0.1) is 0 Å². The van der Waals surface area contributed by atoms with Crippen LogP contribution in [0.5, 0.6) is 0 Å². The number of non-ortho nitro benzene ring substituents is 1. The van der Waals surface area contributed by atoms with Crippen LogP contribution in [0.25, 0.3) is 11.1 Å².